The SMILES string of the molecule is CCc1nn(C)c(COC(=O)c2cc(N)cn2CC)c1Br. The molecule has 0 aliphatic rings. The summed E-state index contributed by atoms with van der Waals surface area (Å²) in [6, 6.07) is 1.63. The Bertz CT molecular complexity index is 660. The topological polar surface area (TPSA) is 75.1 Å². The van der Waals surface area contributed by atoms with Gasteiger partial charge in [-0.25, -0.2) is 4.79 Å². The van der Waals surface area contributed by atoms with Crippen LogP contribution < -0.4 is 5.73 Å². The molecule has 0 radical (unpaired) electrons. The van der Waals surface area contributed by atoms with Crippen LogP contribution in [0.2, 0.25) is 0 Å². The fourth-order valence-corrected chi connectivity index (χ4v) is 2.88. The summed E-state index contributed by atoms with van der Waals surface area (Å²) in [4.78, 5) is 12.2. The lowest BCUT2D eigenvalue weighted by Crippen LogP contribution is -2.12. The molecule has 0 saturated carbocycles. The van der Waals surface area contributed by atoms with Crippen LogP contribution in [0.15, 0.2) is 16.7 Å². The van der Waals surface area contributed by atoms with Crippen molar-refractivity contribution in [2.45, 2.75) is 33.4 Å². The molecule has 0 amide bonds. The van der Waals surface area contributed by atoms with Crippen molar-refractivity contribution >= 4 is 27.6 Å². The second-order valence-electron chi connectivity index (χ2n) is 4.71. The number of nitrogen functional groups attached to an aromatic ring is 1. The number of nitrogens with two attached hydrogens (primary N) is 1. The van der Waals surface area contributed by atoms with E-state index in [0.29, 0.717) is 17.9 Å². The molecule has 0 bridgehead atoms. The van der Waals surface area contributed by atoms with E-state index in [4.69, 9.17) is 10.5 Å². The van der Waals surface area contributed by atoms with Crippen molar-refractivity contribution in [2.24, 2.45) is 7.05 Å². The van der Waals surface area contributed by atoms with Crippen LogP contribution in [0.4, 0.5) is 5.69 Å². The van der Waals surface area contributed by atoms with Crippen molar-refractivity contribution in [1.82, 2.24) is 14.3 Å². The number of aromatic nitrogens is 3. The Morgan fingerprint density at radius 3 is 2.76 bits per heavy atom. The molecule has 0 aliphatic heterocycles. The number of rotatable bonds is 5. The molecule has 0 fully saturated rings. The van der Waals surface area contributed by atoms with Gasteiger partial charge in [0.05, 0.1) is 21.5 Å². The lowest BCUT2D eigenvalue weighted by atomic mass is 10.3. The lowest BCUT2D eigenvalue weighted by molar-refractivity contribution is 0.0450. The van der Waals surface area contributed by atoms with Crippen LogP contribution in [0.25, 0.3) is 0 Å². The summed E-state index contributed by atoms with van der Waals surface area (Å²) in [5.41, 5.74) is 8.52. The number of hydrogen-bond donors (Lipinski definition) is 1. The zero-order valence-corrected chi connectivity index (χ0v) is 14.0. The minimum Gasteiger partial charge on any atom is -0.454 e. The van der Waals surface area contributed by atoms with E-state index in [1.54, 1.807) is 21.5 Å². The average molecular weight is 355 g/mol. The Kier molecular flexibility index (Phi) is 4.72. The number of esters is 1. The largest absolute Gasteiger partial charge is 0.454 e. The number of carbonyl (C=O) groups is 1. The van der Waals surface area contributed by atoms with Crippen LogP contribution in [0.1, 0.15) is 35.7 Å². The number of nitrogens with zero attached hydrogens (tertiary/aromatic N) is 3. The number of halogens is 1. The van der Waals surface area contributed by atoms with Gasteiger partial charge in [0.25, 0.3) is 0 Å². The van der Waals surface area contributed by atoms with Gasteiger partial charge < -0.3 is 15.0 Å². The smallest absolute Gasteiger partial charge is 0.355 e. The molecule has 0 spiro atoms. The number of carbonyl (C=O) groups excluding carboxylic acids is 1. The molecule has 2 N–H and O–H groups in total. The fourth-order valence-electron chi connectivity index (χ4n) is 2.15. The van der Waals surface area contributed by atoms with Crippen molar-refractivity contribution in [2.75, 3.05) is 5.73 Å². The Hall–Kier alpha value is -1.76. The van der Waals surface area contributed by atoms with Crippen molar-refractivity contribution < 1.29 is 9.53 Å². The van der Waals surface area contributed by atoms with Gasteiger partial charge >= 0.3 is 5.97 Å². The predicted octanol–water partition coefficient (Wildman–Crippen LogP) is 2.51. The summed E-state index contributed by atoms with van der Waals surface area (Å²) in [5.74, 6) is -0.389. The van der Waals surface area contributed by atoms with E-state index < -0.39 is 0 Å². The van der Waals surface area contributed by atoms with Crippen molar-refractivity contribution in [1.29, 1.82) is 0 Å². The van der Waals surface area contributed by atoms with E-state index in [2.05, 4.69) is 21.0 Å². The average Bonchev–Trinajstić information content (AvgIpc) is 2.97. The Labute approximate surface area is 132 Å². The molecule has 114 valence electrons. The van der Waals surface area contributed by atoms with Crippen LogP contribution >= 0.6 is 15.9 Å². The first-order valence-electron chi connectivity index (χ1n) is 6.80. The van der Waals surface area contributed by atoms with Gasteiger partial charge in [-0.15, -0.1) is 0 Å². The maximum Gasteiger partial charge on any atom is 0.355 e. The predicted molar refractivity (Wildman–Crippen MR) is 83.9 cm³/mol. The normalized spacial score (nSPS) is 10.9. The maximum atomic E-state index is 12.2. The maximum absolute atomic E-state index is 12.2. The molecule has 2 aromatic heterocycles. The zero-order chi connectivity index (χ0) is 15.6. The molecule has 0 atom stereocenters. The highest BCUT2D eigenvalue weighted by atomic mass is 79.9. The van der Waals surface area contributed by atoms with E-state index in [1.807, 2.05) is 20.9 Å². The third-order valence-electron chi connectivity index (χ3n) is 3.31. The van der Waals surface area contributed by atoms with Gasteiger partial charge in [-0.2, -0.15) is 5.10 Å². The Morgan fingerprint density at radius 1 is 1.48 bits per heavy atom. The molecule has 2 heterocycles. The number of anilines is 1. The highest BCUT2D eigenvalue weighted by Gasteiger charge is 2.17. The third kappa shape index (κ3) is 3.12. The highest BCUT2D eigenvalue weighted by molar-refractivity contribution is 9.10. The lowest BCUT2D eigenvalue weighted by Gasteiger charge is -2.07. The van der Waals surface area contributed by atoms with E-state index in [9.17, 15) is 4.79 Å². The molecule has 2 rings (SSSR count). The zero-order valence-electron chi connectivity index (χ0n) is 12.4. The Morgan fingerprint density at radius 2 is 2.19 bits per heavy atom. The summed E-state index contributed by atoms with van der Waals surface area (Å²) in [5, 5.41) is 4.37. The van der Waals surface area contributed by atoms with E-state index in [1.165, 1.54) is 0 Å². The number of ether oxygens (including phenoxy) is 1. The second-order valence-corrected chi connectivity index (χ2v) is 5.50. The van der Waals surface area contributed by atoms with Gasteiger partial charge in [-0.1, -0.05) is 6.92 Å². The van der Waals surface area contributed by atoms with Crippen LogP contribution in [-0.4, -0.2) is 20.3 Å². The van der Waals surface area contributed by atoms with Crippen molar-refractivity contribution in [3.05, 3.63) is 33.8 Å². The number of hydrogen-bond acceptors (Lipinski definition) is 4. The first kappa shape index (κ1) is 15.6. The summed E-state index contributed by atoms with van der Waals surface area (Å²) in [6.07, 6.45) is 2.54. The fraction of sp³-hybridized carbons (Fsp3) is 0.429. The third-order valence-corrected chi connectivity index (χ3v) is 4.23. The van der Waals surface area contributed by atoms with Crippen molar-refractivity contribution in [3.63, 3.8) is 0 Å². The quantitative estimate of drug-likeness (QED) is 0.837. The molecule has 0 unspecified atom stereocenters. The minimum atomic E-state index is -0.389. The van der Waals surface area contributed by atoms with E-state index in [-0.39, 0.29) is 12.6 Å². The van der Waals surface area contributed by atoms with Crippen LogP contribution in [0.5, 0.6) is 0 Å². The van der Waals surface area contributed by atoms with Gasteiger partial charge in [-0.3, -0.25) is 4.68 Å². The van der Waals surface area contributed by atoms with Crippen LogP contribution in [0.3, 0.4) is 0 Å². The van der Waals surface area contributed by atoms with Gasteiger partial charge in [-0.05, 0) is 35.3 Å². The molecular weight excluding hydrogens is 336 g/mol. The van der Waals surface area contributed by atoms with Gasteiger partial charge in [0.1, 0.15) is 12.3 Å². The molecular formula is C14H19BrN4O2. The standard InChI is InChI=1S/C14H19BrN4O2/c1-4-10-13(15)12(18(3)17-10)8-21-14(20)11-6-9(16)7-19(11)5-2/h6-7H,4-5,8,16H2,1-3H3. The first-order chi connectivity index (χ1) is 9.97. The van der Waals surface area contributed by atoms with Gasteiger partial charge in [0.2, 0.25) is 0 Å². The second kappa shape index (κ2) is 6.34. The number of aryl methyl sites for hydroxylation is 3. The summed E-state index contributed by atoms with van der Waals surface area (Å²) < 4.78 is 9.77. The molecule has 0 aliphatic carbocycles. The van der Waals surface area contributed by atoms with Crippen LogP contribution in [-0.2, 0) is 31.4 Å². The minimum absolute atomic E-state index is 0.164. The molecule has 6 nitrogen and oxygen atoms in total. The molecule has 0 saturated heterocycles. The Balaban J connectivity index is 2.13. The first-order valence-corrected chi connectivity index (χ1v) is 7.60. The molecule has 21 heavy (non-hydrogen) atoms. The summed E-state index contributed by atoms with van der Waals surface area (Å²) in [6.45, 7) is 4.80. The monoisotopic (exact) mass is 354 g/mol. The molecule has 2 aromatic rings. The van der Waals surface area contributed by atoms with Gasteiger partial charge in [0, 0.05) is 19.8 Å². The molecule has 7 heteroatoms. The van der Waals surface area contributed by atoms with Crippen molar-refractivity contribution in [3.8, 4) is 0 Å². The molecule has 0 aromatic carbocycles. The highest BCUT2D eigenvalue weighted by Crippen LogP contribution is 2.22. The van der Waals surface area contributed by atoms with E-state index >= 15 is 0 Å². The van der Waals surface area contributed by atoms with E-state index in [0.717, 1.165) is 22.3 Å². The summed E-state index contributed by atoms with van der Waals surface area (Å²) >= 11 is 3.50. The van der Waals surface area contributed by atoms with Gasteiger partial charge in [0.15, 0.2) is 0 Å². The summed E-state index contributed by atoms with van der Waals surface area (Å²) in [7, 11) is 1.83. The van der Waals surface area contributed by atoms with Crippen LogP contribution in [0, 0.1) is 0 Å².